The molecule has 0 saturated carbocycles. The molecule has 0 radical (unpaired) electrons. The lowest BCUT2D eigenvalue weighted by Gasteiger charge is -2.46. The van der Waals surface area contributed by atoms with Gasteiger partial charge in [-0.05, 0) is 6.92 Å². The van der Waals surface area contributed by atoms with Crippen molar-refractivity contribution in [3.8, 4) is 0 Å². The van der Waals surface area contributed by atoms with Crippen LogP contribution < -0.4 is 0 Å². The van der Waals surface area contributed by atoms with E-state index < -0.39 is 99.2 Å². The zero-order valence-corrected chi connectivity index (χ0v) is 16.6. The van der Waals surface area contributed by atoms with Crippen molar-refractivity contribution in [1.82, 2.24) is 0 Å². The van der Waals surface area contributed by atoms with Gasteiger partial charge in [0.2, 0.25) is 0 Å². The molecule has 0 aromatic carbocycles. The van der Waals surface area contributed by atoms with Crippen molar-refractivity contribution >= 4 is 0 Å². The van der Waals surface area contributed by atoms with Crippen LogP contribution in [-0.2, 0) is 23.7 Å². The van der Waals surface area contributed by atoms with Gasteiger partial charge in [0.25, 0.3) is 0 Å². The molecular formula is C17H30O14. The van der Waals surface area contributed by atoms with Gasteiger partial charge >= 0.3 is 0 Å². The van der Waals surface area contributed by atoms with Crippen LogP contribution in [0.25, 0.3) is 0 Å². The van der Waals surface area contributed by atoms with Crippen LogP contribution in [0.2, 0.25) is 0 Å². The number of hydrogen-bond acceptors (Lipinski definition) is 14. The van der Waals surface area contributed by atoms with Gasteiger partial charge in [-0.15, -0.1) is 0 Å². The van der Waals surface area contributed by atoms with E-state index in [1.165, 1.54) is 6.92 Å². The number of ether oxygens (including phenoxy) is 5. The lowest BCUT2D eigenvalue weighted by molar-refractivity contribution is -0.369. The molecule has 14 nitrogen and oxygen atoms in total. The predicted octanol–water partition coefficient (Wildman–Crippen LogP) is -5.91. The Hall–Kier alpha value is -0.560. The molecule has 3 aliphatic rings. The standard InChI is InChI=1S/C17H30O14/c1-4-7(20)9(22)14(31-16-12(25)8(21)5(2-18)29-16)17(27-4)30-13-6(3-19)28-15(26)11(24)10(13)23/h4-26H,2-3H2,1H3/t4-,5-,6+,7-,8-,9+,10+,11+,12+,13+,14+,15+,16-,17-/m0/s1. The fourth-order valence-corrected chi connectivity index (χ4v) is 3.78. The fraction of sp³-hybridized carbons (Fsp3) is 1.00. The van der Waals surface area contributed by atoms with E-state index in [-0.39, 0.29) is 0 Å². The van der Waals surface area contributed by atoms with Crippen LogP contribution in [0.3, 0.4) is 0 Å². The molecule has 3 saturated heterocycles. The second kappa shape index (κ2) is 10.1. The van der Waals surface area contributed by atoms with Gasteiger partial charge in [0, 0.05) is 0 Å². The van der Waals surface area contributed by atoms with Crippen molar-refractivity contribution in [2.75, 3.05) is 13.2 Å². The van der Waals surface area contributed by atoms with Crippen LogP contribution in [-0.4, -0.2) is 145 Å². The Balaban J connectivity index is 1.79. The van der Waals surface area contributed by atoms with Gasteiger partial charge in [0.15, 0.2) is 18.9 Å². The van der Waals surface area contributed by atoms with E-state index in [0.29, 0.717) is 0 Å². The summed E-state index contributed by atoms with van der Waals surface area (Å²) in [4.78, 5) is 0. The van der Waals surface area contributed by atoms with E-state index in [0.717, 1.165) is 0 Å². The molecule has 31 heavy (non-hydrogen) atoms. The highest BCUT2D eigenvalue weighted by molar-refractivity contribution is 4.95. The molecule has 0 spiro atoms. The maximum atomic E-state index is 10.5. The number of rotatable bonds is 6. The van der Waals surface area contributed by atoms with Crippen molar-refractivity contribution in [2.24, 2.45) is 0 Å². The summed E-state index contributed by atoms with van der Waals surface area (Å²) in [6, 6.07) is 0. The Labute approximate surface area is 176 Å². The Morgan fingerprint density at radius 1 is 0.581 bits per heavy atom. The summed E-state index contributed by atoms with van der Waals surface area (Å²) in [6.45, 7) is 0.0908. The van der Waals surface area contributed by atoms with Crippen molar-refractivity contribution in [3.05, 3.63) is 0 Å². The van der Waals surface area contributed by atoms with E-state index in [1.807, 2.05) is 0 Å². The van der Waals surface area contributed by atoms with Crippen LogP contribution in [0.5, 0.6) is 0 Å². The maximum Gasteiger partial charge on any atom is 0.187 e. The summed E-state index contributed by atoms with van der Waals surface area (Å²) in [7, 11) is 0. The van der Waals surface area contributed by atoms with Gasteiger partial charge in [0.05, 0.1) is 19.3 Å². The minimum Gasteiger partial charge on any atom is -0.394 e. The van der Waals surface area contributed by atoms with Gasteiger partial charge in [0.1, 0.15) is 61.0 Å². The third-order valence-corrected chi connectivity index (χ3v) is 5.70. The van der Waals surface area contributed by atoms with Gasteiger partial charge in [-0.25, -0.2) is 0 Å². The smallest absolute Gasteiger partial charge is 0.187 e. The molecule has 14 atom stereocenters. The molecule has 3 fully saturated rings. The highest BCUT2D eigenvalue weighted by atomic mass is 16.8. The maximum absolute atomic E-state index is 10.5. The lowest BCUT2D eigenvalue weighted by Crippen LogP contribution is -2.64. The van der Waals surface area contributed by atoms with E-state index in [1.54, 1.807) is 0 Å². The first kappa shape index (κ1) is 25.1. The van der Waals surface area contributed by atoms with E-state index in [9.17, 15) is 46.0 Å². The second-order valence-electron chi connectivity index (χ2n) is 7.83. The highest BCUT2D eigenvalue weighted by Crippen LogP contribution is 2.32. The number of aliphatic hydroxyl groups excluding tert-OH is 9. The zero-order chi connectivity index (χ0) is 23.0. The molecule has 3 rings (SSSR count). The molecule has 0 aromatic rings. The van der Waals surface area contributed by atoms with Gasteiger partial charge in [-0.2, -0.15) is 0 Å². The number of aliphatic hydroxyl groups is 9. The first-order valence-corrected chi connectivity index (χ1v) is 9.86. The van der Waals surface area contributed by atoms with E-state index >= 15 is 0 Å². The summed E-state index contributed by atoms with van der Waals surface area (Å²) < 4.78 is 26.9. The van der Waals surface area contributed by atoms with Gasteiger partial charge in [-0.1, -0.05) is 0 Å². The third kappa shape index (κ3) is 4.87. The van der Waals surface area contributed by atoms with Crippen LogP contribution >= 0.6 is 0 Å². The molecule has 9 N–H and O–H groups in total. The van der Waals surface area contributed by atoms with Crippen molar-refractivity contribution < 1.29 is 69.6 Å². The summed E-state index contributed by atoms with van der Waals surface area (Å²) in [5, 5.41) is 89.1. The van der Waals surface area contributed by atoms with E-state index in [4.69, 9.17) is 23.7 Å². The molecular weight excluding hydrogens is 428 g/mol. The summed E-state index contributed by atoms with van der Waals surface area (Å²) in [5.74, 6) is 0. The average Bonchev–Trinajstić information content (AvgIpc) is 3.02. The molecule has 0 bridgehead atoms. The fourth-order valence-electron chi connectivity index (χ4n) is 3.78. The molecule has 0 aliphatic carbocycles. The number of hydrogen-bond donors (Lipinski definition) is 9. The van der Waals surface area contributed by atoms with Gasteiger partial charge < -0.3 is 69.6 Å². The minimum absolute atomic E-state index is 0.620. The second-order valence-corrected chi connectivity index (χ2v) is 7.83. The normalized spacial score (nSPS) is 53.6. The van der Waals surface area contributed by atoms with Gasteiger partial charge in [-0.3, -0.25) is 0 Å². The van der Waals surface area contributed by atoms with Crippen LogP contribution in [0.1, 0.15) is 6.92 Å². The summed E-state index contributed by atoms with van der Waals surface area (Å²) >= 11 is 0. The summed E-state index contributed by atoms with van der Waals surface area (Å²) in [6.07, 6.45) is -20.9. The molecule has 0 amide bonds. The first-order chi connectivity index (χ1) is 14.6. The molecule has 0 unspecified atom stereocenters. The third-order valence-electron chi connectivity index (χ3n) is 5.70. The largest absolute Gasteiger partial charge is 0.394 e. The monoisotopic (exact) mass is 458 g/mol. The zero-order valence-electron chi connectivity index (χ0n) is 16.6. The minimum atomic E-state index is -1.78. The lowest BCUT2D eigenvalue weighted by atomic mass is 9.97. The van der Waals surface area contributed by atoms with E-state index in [2.05, 4.69) is 0 Å². The highest BCUT2D eigenvalue weighted by Gasteiger charge is 2.53. The average molecular weight is 458 g/mol. The Bertz CT molecular complexity index is 579. The Morgan fingerprint density at radius 3 is 1.74 bits per heavy atom. The molecule has 0 aromatic heterocycles. The van der Waals surface area contributed by atoms with Crippen molar-refractivity contribution in [1.29, 1.82) is 0 Å². The SMILES string of the molecule is C[C@@H]1O[C@@H](O[C@H]2[C@H](O)[C@@H](O)[C@H](O)O[C@@H]2CO)[C@H](O[C@@H]2O[C@@H](CO)[C@H](O)[C@H]2O)[C@H](O)[C@H]1O. The van der Waals surface area contributed by atoms with Crippen molar-refractivity contribution in [3.63, 3.8) is 0 Å². The Morgan fingerprint density at radius 2 is 1.16 bits per heavy atom. The molecule has 3 aliphatic heterocycles. The molecule has 3 heterocycles. The van der Waals surface area contributed by atoms with Crippen LogP contribution in [0, 0.1) is 0 Å². The topological polar surface area (TPSA) is 228 Å². The molecule has 14 heteroatoms. The van der Waals surface area contributed by atoms with Crippen LogP contribution in [0.4, 0.5) is 0 Å². The quantitative estimate of drug-likeness (QED) is 0.181. The van der Waals surface area contributed by atoms with Crippen LogP contribution in [0.15, 0.2) is 0 Å². The Kier molecular flexibility index (Phi) is 8.21. The first-order valence-electron chi connectivity index (χ1n) is 9.86. The predicted molar refractivity (Wildman–Crippen MR) is 93.8 cm³/mol. The van der Waals surface area contributed by atoms with Crippen molar-refractivity contribution in [2.45, 2.75) is 92.9 Å². The summed E-state index contributed by atoms with van der Waals surface area (Å²) in [5.41, 5.74) is 0. The molecule has 182 valence electrons.